The van der Waals surface area contributed by atoms with E-state index in [-0.39, 0.29) is 21.3 Å². The molecule has 0 aliphatic carbocycles. The standard InChI is InChI=1S/C20H16ClN5O4S2/c1-11(18(27)24-14-6-8-15(9-7-14)32(23,29)30)31-20-25-17(16(10-22)19(28)26-20)12-2-4-13(21)5-3-12/h2-9,11H,1H3,(H,24,27)(H2,23,29,30)(H,25,26,28)/t11-/m1/s1. The van der Waals surface area contributed by atoms with E-state index in [1.165, 1.54) is 24.3 Å². The number of hydrogen-bond acceptors (Lipinski definition) is 7. The molecule has 3 rings (SSSR count). The molecule has 1 aromatic heterocycles. The first-order valence-electron chi connectivity index (χ1n) is 8.99. The number of sulfonamides is 1. The van der Waals surface area contributed by atoms with Crippen molar-refractivity contribution in [3.05, 3.63) is 69.5 Å². The SMILES string of the molecule is C[C@@H](Sc1nc(-c2ccc(Cl)cc2)c(C#N)c(=O)[nH]1)C(=O)Nc1ccc(S(N)(=O)=O)cc1. The third-order valence-electron chi connectivity index (χ3n) is 4.24. The molecule has 0 radical (unpaired) electrons. The summed E-state index contributed by atoms with van der Waals surface area (Å²) >= 11 is 6.89. The molecular formula is C20H16ClN5O4S2. The van der Waals surface area contributed by atoms with Crippen molar-refractivity contribution in [2.75, 3.05) is 5.32 Å². The Morgan fingerprint density at radius 2 is 1.84 bits per heavy atom. The predicted molar refractivity (Wildman–Crippen MR) is 122 cm³/mol. The smallest absolute Gasteiger partial charge is 0.270 e. The summed E-state index contributed by atoms with van der Waals surface area (Å²) in [5.41, 5.74) is 0.315. The van der Waals surface area contributed by atoms with Crippen molar-refractivity contribution in [3.63, 3.8) is 0 Å². The lowest BCUT2D eigenvalue weighted by atomic mass is 10.1. The molecule has 3 aromatic rings. The van der Waals surface area contributed by atoms with E-state index in [1.807, 2.05) is 6.07 Å². The van der Waals surface area contributed by atoms with Gasteiger partial charge in [0.05, 0.1) is 15.8 Å². The second kappa shape index (κ2) is 9.54. The van der Waals surface area contributed by atoms with Gasteiger partial charge in [0.2, 0.25) is 15.9 Å². The third-order valence-corrected chi connectivity index (χ3v) is 6.40. The zero-order chi connectivity index (χ0) is 23.5. The zero-order valence-corrected chi connectivity index (χ0v) is 18.9. The molecule has 0 aliphatic heterocycles. The average Bonchev–Trinajstić information content (AvgIpc) is 2.73. The second-order valence-corrected chi connectivity index (χ2v) is 9.86. The molecule has 1 atom stereocenters. The minimum atomic E-state index is -3.83. The highest BCUT2D eigenvalue weighted by Gasteiger charge is 2.19. The molecule has 1 amide bonds. The largest absolute Gasteiger partial charge is 0.325 e. The van der Waals surface area contributed by atoms with Crippen molar-refractivity contribution in [2.45, 2.75) is 22.2 Å². The van der Waals surface area contributed by atoms with E-state index < -0.39 is 26.7 Å². The van der Waals surface area contributed by atoms with E-state index in [0.29, 0.717) is 16.3 Å². The molecule has 164 valence electrons. The molecule has 2 aromatic carbocycles. The molecule has 0 saturated heterocycles. The van der Waals surface area contributed by atoms with Gasteiger partial charge in [0.15, 0.2) is 5.16 Å². The summed E-state index contributed by atoms with van der Waals surface area (Å²) in [7, 11) is -3.83. The van der Waals surface area contributed by atoms with Crippen LogP contribution < -0.4 is 16.0 Å². The summed E-state index contributed by atoms with van der Waals surface area (Å²) in [6, 6.07) is 13.7. The van der Waals surface area contributed by atoms with E-state index in [9.17, 15) is 23.3 Å². The molecule has 4 N–H and O–H groups in total. The summed E-state index contributed by atoms with van der Waals surface area (Å²) in [6.07, 6.45) is 0. The fraction of sp³-hybridized carbons (Fsp3) is 0.100. The fourth-order valence-corrected chi connectivity index (χ4v) is 4.06. The number of hydrogen-bond donors (Lipinski definition) is 3. The number of halogens is 1. The van der Waals surface area contributed by atoms with E-state index in [0.717, 1.165) is 11.8 Å². The van der Waals surface area contributed by atoms with Gasteiger partial charge in [0.1, 0.15) is 11.6 Å². The minimum Gasteiger partial charge on any atom is -0.325 e. The van der Waals surface area contributed by atoms with Gasteiger partial charge in [-0.25, -0.2) is 18.5 Å². The number of aromatic amines is 1. The van der Waals surface area contributed by atoms with Crippen molar-refractivity contribution >= 4 is 45.0 Å². The fourth-order valence-electron chi connectivity index (χ4n) is 2.62. The summed E-state index contributed by atoms with van der Waals surface area (Å²) in [4.78, 5) is 31.7. The number of nitrogens with two attached hydrogens (primary N) is 1. The first-order valence-corrected chi connectivity index (χ1v) is 11.8. The number of nitrogens with zero attached hydrogens (tertiary/aromatic N) is 2. The Kier molecular flexibility index (Phi) is 7.00. The van der Waals surface area contributed by atoms with E-state index in [2.05, 4.69) is 15.3 Å². The molecule has 0 spiro atoms. The molecular weight excluding hydrogens is 474 g/mol. The summed E-state index contributed by atoms with van der Waals surface area (Å²) < 4.78 is 22.6. The number of thioether (sulfide) groups is 1. The van der Waals surface area contributed by atoms with Crippen LogP contribution in [0.2, 0.25) is 5.02 Å². The highest BCUT2D eigenvalue weighted by molar-refractivity contribution is 8.00. The maximum Gasteiger partial charge on any atom is 0.270 e. The molecule has 9 nitrogen and oxygen atoms in total. The van der Waals surface area contributed by atoms with E-state index in [4.69, 9.17) is 16.7 Å². The van der Waals surface area contributed by atoms with Crippen molar-refractivity contribution in [3.8, 4) is 17.3 Å². The van der Waals surface area contributed by atoms with Gasteiger partial charge in [-0.3, -0.25) is 9.59 Å². The van der Waals surface area contributed by atoms with Gasteiger partial charge in [-0.05, 0) is 43.3 Å². The number of aromatic nitrogens is 2. The normalized spacial score (nSPS) is 12.1. The number of nitrogens with one attached hydrogen (secondary N) is 2. The van der Waals surface area contributed by atoms with Crippen LogP contribution in [0.1, 0.15) is 12.5 Å². The number of carbonyl (C=O) groups is 1. The molecule has 12 heteroatoms. The van der Waals surface area contributed by atoms with Crippen molar-refractivity contribution < 1.29 is 13.2 Å². The summed E-state index contributed by atoms with van der Waals surface area (Å²) in [5.74, 6) is -0.404. The molecule has 0 bridgehead atoms. The Hall–Kier alpha value is -3.17. The van der Waals surface area contributed by atoms with Gasteiger partial charge < -0.3 is 10.3 Å². The highest BCUT2D eigenvalue weighted by Crippen LogP contribution is 2.26. The summed E-state index contributed by atoms with van der Waals surface area (Å²) in [6.45, 7) is 1.61. The molecule has 0 aliphatic rings. The molecule has 0 fully saturated rings. The number of amides is 1. The minimum absolute atomic E-state index is 0.0768. The van der Waals surface area contributed by atoms with Crippen LogP contribution in [0, 0.1) is 11.3 Å². The van der Waals surface area contributed by atoms with Gasteiger partial charge >= 0.3 is 0 Å². The molecule has 32 heavy (non-hydrogen) atoms. The molecule has 1 heterocycles. The van der Waals surface area contributed by atoms with Crippen LogP contribution in [0.25, 0.3) is 11.3 Å². The first-order chi connectivity index (χ1) is 15.1. The third kappa shape index (κ3) is 5.54. The van der Waals surface area contributed by atoms with E-state index in [1.54, 1.807) is 31.2 Å². The molecule has 0 saturated carbocycles. The van der Waals surface area contributed by atoms with Crippen molar-refractivity contribution in [1.82, 2.24) is 9.97 Å². The van der Waals surface area contributed by atoms with Gasteiger partial charge in [0, 0.05) is 16.3 Å². The number of primary sulfonamides is 1. The van der Waals surface area contributed by atoms with Crippen LogP contribution >= 0.6 is 23.4 Å². The Balaban J connectivity index is 1.80. The number of nitriles is 1. The predicted octanol–water partition coefficient (Wildman–Crippen LogP) is 2.73. The number of benzene rings is 2. The lowest BCUT2D eigenvalue weighted by molar-refractivity contribution is -0.115. The van der Waals surface area contributed by atoms with Crippen molar-refractivity contribution in [2.24, 2.45) is 5.14 Å². The van der Waals surface area contributed by atoms with E-state index >= 15 is 0 Å². The van der Waals surface area contributed by atoms with Crippen LogP contribution in [0.4, 0.5) is 5.69 Å². The van der Waals surface area contributed by atoms with Crippen molar-refractivity contribution in [1.29, 1.82) is 5.26 Å². The average molecular weight is 490 g/mol. The highest BCUT2D eigenvalue weighted by atomic mass is 35.5. The van der Waals surface area contributed by atoms with Crippen LogP contribution in [-0.2, 0) is 14.8 Å². The Morgan fingerprint density at radius 1 is 1.22 bits per heavy atom. The maximum atomic E-state index is 12.5. The number of H-pyrrole nitrogens is 1. The quantitative estimate of drug-likeness (QED) is 0.354. The van der Waals surface area contributed by atoms with Gasteiger partial charge in [-0.1, -0.05) is 35.5 Å². The lowest BCUT2D eigenvalue weighted by Crippen LogP contribution is -2.24. The van der Waals surface area contributed by atoms with Crippen LogP contribution in [0.15, 0.2) is 63.4 Å². The van der Waals surface area contributed by atoms with Gasteiger partial charge in [-0.15, -0.1) is 0 Å². The monoisotopic (exact) mass is 489 g/mol. The maximum absolute atomic E-state index is 12.5. The second-order valence-electron chi connectivity index (χ2n) is 6.53. The number of anilines is 1. The number of carbonyl (C=O) groups excluding carboxylic acids is 1. The van der Waals surface area contributed by atoms with Crippen LogP contribution in [0.5, 0.6) is 0 Å². The zero-order valence-electron chi connectivity index (χ0n) is 16.5. The number of rotatable bonds is 6. The molecule has 0 unspecified atom stereocenters. The Bertz CT molecular complexity index is 1370. The van der Waals surface area contributed by atoms with Crippen LogP contribution in [0.3, 0.4) is 0 Å². The van der Waals surface area contributed by atoms with Crippen LogP contribution in [-0.4, -0.2) is 29.5 Å². The van der Waals surface area contributed by atoms with Gasteiger partial charge in [0.25, 0.3) is 5.56 Å². The first kappa shape index (κ1) is 23.5. The lowest BCUT2D eigenvalue weighted by Gasteiger charge is -2.13. The Morgan fingerprint density at radius 3 is 2.41 bits per heavy atom. The Labute approximate surface area is 192 Å². The topological polar surface area (TPSA) is 159 Å². The summed E-state index contributed by atoms with van der Waals surface area (Å²) in [5, 5.41) is 17.0. The van der Waals surface area contributed by atoms with Gasteiger partial charge in [-0.2, -0.15) is 5.26 Å².